The topological polar surface area (TPSA) is 99.9 Å². The van der Waals surface area contributed by atoms with Gasteiger partial charge in [-0.05, 0) is 42.7 Å². The van der Waals surface area contributed by atoms with E-state index in [1.54, 1.807) is 6.26 Å². The third kappa shape index (κ3) is 5.74. The van der Waals surface area contributed by atoms with Gasteiger partial charge in [0.15, 0.2) is 17.8 Å². The van der Waals surface area contributed by atoms with E-state index in [9.17, 15) is 9.90 Å². The van der Waals surface area contributed by atoms with Crippen LogP contribution in [0.4, 0.5) is 0 Å². The number of oxazole rings is 2. The molecule has 0 aliphatic carbocycles. The molecule has 4 rings (SSSR count). The molecule has 8 heteroatoms. The average molecular weight is 448 g/mol. The molecule has 4 aromatic rings. The number of rotatable bonds is 10. The summed E-state index contributed by atoms with van der Waals surface area (Å²) in [6, 6.07) is 15.5. The standard InChI is InChI=1S/C25H24N2O6/c1-2-30-22-14-19(12-13-27-24(28)17-33-25(27)29)8-10-21(22)31-15-20-16-32-23(26-20)11-9-18-6-4-3-5-7-18/h3-11,14,16-17,28H,2,12-13,15H2,1H3. The third-order valence-electron chi connectivity index (χ3n) is 4.86. The number of hydrogen-bond acceptors (Lipinski definition) is 7. The van der Waals surface area contributed by atoms with E-state index in [1.807, 2.05) is 67.6 Å². The monoisotopic (exact) mass is 448 g/mol. The second kappa shape index (κ2) is 10.4. The maximum atomic E-state index is 11.6. The zero-order valence-electron chi connectivity index (χ0n) is 18.1. The molecule has 1 N–H and O–H groups in total. The molecule has 0 saturated heterocycles. The van der Waals surface area contributed by atoms with E-state index in [1.165, 1.54) is 4.57 Å². The van der Waals surface area contributed by atoms with E-state index in [0.717, 1.165) is 17.4 Å². The van der Waals surface area contributed by atoms with Gasteiger partial charge in [-0.1, -0.05) is 36.4 Å². The molecule has 170 valence electrons. The van der Waals surface area contributed by atoms with Gasteiger partial charge in [0.2, 0.25) is 11.8 Å². The van der Waals surface area contributed by atoms with Gasteiger partial charge in [-0.2, -0.15) is 0 Å². The number of benzene rings is 2. The highest BCUT2D eigenvalue weighted by Gasteiger charge is 2.11. The third-order valence-corrected chi connectivity index (χ3v) is 4.86. The summed E-state index contributed by atoms with van der Waals surface area (Å²) in [6.07, 6.45) is 6.84. The van der Waals surface area contributed by atoms with E-state index in [2.05, 4.69) is 9.40 Å². The molecule has 8 nitrogen and oxygen atoms in total. The number of aromatic hydroxyl groups is 1. The number of aryl methyl sites for hydroxylation is 1. The lowest BCUT2D eigenvalue weighted by molar-refractivity contribution is 0.266. The van der Waals surface area contributed by atoms with Crippen molar-refractivity contribution in [2.75, 3.05) is 6.61 Å². The molecule has 0 aliphatic heterocycles. The van der Waals surface area contributed by atoms with Gasteiger partial charge in [-0.25, -0.2) is 14.3 Å². The predicted molar refractivity (Wildman–Crippen MR) is 122 cm³/mol. The van der Waals surface area contributed by atoms with Gasteiger partial charge in [0.05, 0.1) is 6.61 Å². The smallest absolute Gasteiger partial charge is 0.421 e. The van der Waals surface area contributed by atoms with Gasteiger partial charge in [0.25, 0.3) is 0 Å². The van der Waals surface area contributed by atoms with E-state index in [4.69, 9.17) is 13.9 Å². The Labute approximate surface area is 190 Å². The first kappa shape index (κ1) is 22.0. The highest BCUT2D eigenvalue weighted by Crippen LogP contribution is 2.29. The van der Waals surface area contributed by atoms with Crippen molar-refractivity contribution in [3.05, 3.63) is 94.3 Å². The minimum atomic E-state index is -0.594. The molecule has 0 saturated carbocycles. The van der Waals surface area contributed by atoms with Gasteiger partial charge in [0.1, 0.15) is 18.6 Å². The lowest BCUT2D eigenvalue weighted by Gasteiger charge is -2.13. The van der Waals surface area contributed by atoms with Crippen LogP contribution in [0.2, 0.25) is 0 Å². The van der Waals surface area contributed by atoms with E-state index >= 15 is 0 Å². The summed E-state index contributed by atoms with van der Waals surface area (Å²) in [4.78, 5) is 16.0. The van der Waals surface area contributed by atoms with Crippen LogP contribution in [0.1, 0.15) is 29.6 Å². The van der Waals surface area contributed by atoms with Crippen LogP contribution < -0.4 is 15.2 Å². The van der Waals surface area contributed by atoms with Crippen molar-refractivity contribution in [2.45, 2.75) is 26.5 Å². The molecule has 0 atom stereocenters. The van der Waals surface area contributed by atoms with E-state index < -0.39 is 5.76 Å². The van der Waals surface area contributed by atoms with Gasteiger partial charge >= 0.3 is 5.76 Å². The first-order chi connectivity index (χ1) is 16.1. The normalized spacial score (nSPS) is 11.2. The minimum absolute atomic E-state index is 0.199. The average Bonchev–Trinajstić information content (AvgIpc) is 3.42. The SMILES string of the molecule is CCOc1cc(CCn2c(O)coc2=O)ccc1OCc1coc(C=Cc2ccccc2)n1. The van der Waals surface area contributed by atoms with Crippen LogP contribution in [-0.2, 0) is 19.6 Å². The molecule has 0 spiro atoms. The fraction of sp³-hybridized carbons (Fsp3) is 0.200. The maximum absolute atomic E-state index is 11.6. The number of nitrogens with zero attached hydrogens (tertiary/aromatic N) is 2. The Bertz CT molecular complexity index is 1270. The molecule has 0 radical (unpaired) electrons. The molecule has 33 heavy (non-hydrogen) atoms. The van der Waals surface area contributed by atoms with Crippen molar-refractivity contribution in [3.63, 3.8) is 0 Å². The Morgan fingerprint density at radius 3 is 2.64 bits per heavy atom. The first-order valence-corrected chi connectivity index (χ1v) is 10.6. The summed E-state index contributed by atoms with van der Waals surface area (Å²) >= 11 is 0. The lowest BCUT2D eigenvalue weighted by atomic mass is 10.1. The van der Waals surface area contributed by atoms with Crippen molar-refractivity contribution in [1.82, 2.24) is 9.55 Å². The second-order valence-electron chi connectivity index (χ2n) is 7.19. The molecule has 0 bridgehead atoms. The number of ether oxygens (including phenoxy) is 2. The Kier molecular flexibility index (Phi) is 6.94. The Morgan fingerprint density at radius 2 is 1.88 bits per heavy atom. The summed E-state index contributed by atoms with van der Waals surface area (Å²) in [5, 5.41) is 9.67. The molecular formula is C25H24N2O6. The second-order valence-corrected chi connectivity index (χ2v) is 7.19. The zero-order chi connectivity index (χ0) is 23.0. The first-order valence-electron chi connectivity index (χ1n) is 10.6. The fourth-order valence-corrected chi connectivity index (χ4v) is 3.21. The van der Waals surface area contributed by atoms with E-state index in [0.29, 0.717) is 36.1 Å². The predicted octanol–water partition coefficient (Wildman–Crippen LogP) is 4.53. The summed E-state index contributed by atoms with van der Waals surface area (Å²) < 4.78 is 23.0. The fourth-order valence-electron chi connectivity index (χ4n) is 3.21. The minimum Gasteiger partial charge on any atom is -0.492 e. The summed E-state index contributed by atoms with van der Waals surface area (Å²) in [5.41, 5.74) is 2.64. The Balaban J connectivity index is 1.39. The van der Waals surface area contributed by atoms with Crippen LogP contribution in [0.15, 0.2) is 74.7 Å². The van der Waals surface area contributed by atoms with Crippen molar-refractivity contribution in [3.8, 4) is 17.4 Å². The molecular weight excluding hydrogens is 424 g/mol. The summed E-state index contributed by atoms with van der Waals surface area (Å²) in [7, 11) is 0. The number of hydrogen-bond donors (Lipinski definition) is 1. The van der Waals surface area contributed by atoms with Crippen LogP contribution in [0, 0.1) is 0 Å². The Hall–Kier alpha value is -4.20. The van der Waals surface area contributed by atoms with Gasteiger partial charge < -0.3 is 23.4 Å². The summed E-state index contributed by atoms with van der Waals surface area (Å²) in [6.45, 7) is 2.87. The van der Waals surface area contributed by atoms with Crippen LogP contribution >= 0.6 is 0 Å². The van der Waals surface area contributed by atoms with Crippen molar-refractivity contribution < 1.29 is 23.4 Å². The van der Waals surface area contributed by atoms with Gasteiger partial charge in [0, 0.05) is 12.6 Å². The molecule has 0 fully saturated rings. The largest absolute Gasteiger partial charge is 0.492 e. The Morgan fingerprint density at radius 1 is 1.03 bits per heavy atom. The highest BCUT2D eigenvalue weighted by molar-refractivity contribution is 5.65. The van der Waals surface area contributed by atoms with Crippen molar-refractivity contribution in [1.29, 1.82) is 0 Å². The van der Waals surface area contributed by atoms with Crippen LogP contribution in [-0.4, -0.2) is 21.3 Å². The molecule has 2 aromatic heterocycles. The quantitative estimate of drug-likeness (QED) is 0.381. The van der Waals surface area contributed by atoms with Crippen LogP contribution in [0.3, 0.4) is 0 Å². The maximum Gasteiger partial charge on any atom is 0.421 e. The molecule has 0 amide bonds. The van der Waals surface area contributed by atoms with Crippen molar-refractivity contribution in [2.24, 2.45) is 0 Å². The molecule has 2 aromatic carbocycles. The number of aromatic nitrogens is 2. The molecule has 0 aliphatic rings. The van der Waals surface area contributed by atoms with Crippen LogP contribution in [0.25, 0.3) is 12.2 Å². The highest BCUT2D eigenvalue weighted by atomic mass is 16.5. The van der Waals surface area contributed by atoms with Crippen molar-refractivity contribution >= 4 is 12.2 Å². The summed E-state index contributed by atoms with van der Waals surface area (Å²) in [5.74, 6) is 0.869. The molecule has 0 unspecified atom stereocenters. The lowest BCUT2D eigenvalue weighted by Crippen LogP contribution is -2.15. The van der Waals surface area contributed by atoms with Gasteiger partial charge in [-0.15, -0.1) is 0 Å². The zero-order valence-corrected chi connectivity index (χ0v) is 18.1. The molecule has 2 heterocycles. The van der Waals surface area contributed by atoms with Crippen LogP contribution in [0.5, 0.6) is 17.4 Å². The van der Waals surface area contributed by atoms with E-state index in [-0.39, 0.29) is 19.0 Å². The van der Waals surface area contributed by atoms with Gasteiger partial charge in [-0.3, -0.25) is 0 Å².